The van der Waals surface area contributed by atoms with Gasteiger partial charge in [0.25, 0.3) is 0 Å². The minimum absolute atomic E-state index is 0.0235. The molecule has 1 nitrogen and oxygen atoms in total. The highest BCUT2D eigenvalue weighted by Crippen LogP contribution is 2.72. The van der Waals surface area contributed by atoms with Crippen LogP contribution in [-0.2, 0) is 6.18 Å². The van der Waals surface area contributed by atoms with E-state index in [-0.39, 0.29) is 16.2 Å². The van der Waals surface area contributed by atoms with E-state index in [1.54, 1.807) is 0 Å². The van der Waals surface area contributed by atoms with Crippen molar-refractivity contribution in [3.8, 4) is 0 Å². The zero-order valence-electron chi connectivity index (χ0n) is 22.0. The van der Waals surface area contributed by atoms with Gasteiger partial charge in [0.1, 0.15) is 8.07 Å². The third-order valence-electron chi connectivity index (χ3n) is 9.55. The molecule has 194 valence electrons. The number of fused-ring (bicyclic) bond motifs is 1. The molecular weight excluding hydrogens is 485 g/mol. The molecule has 2 bridgehead atoms. The lowest BCUT2D eigenvalue weighted by molar-refractivity contribution is -0.137. The van der Waals surface area contributed by atoms with Gasteiger partial charge in [0.2, 0.25) is 0 Å². The van der Waals surface area contributed by atoms with Crippen molar-refractivity contribution >= 4 is 24.2 Å². The monoisotopic (exact) mass is 520 g/mol. The van der Waals surface area contributed by atoms with Crippen molar-refractivity contribution < 1.29 is 18.0 Å². The lowest BCUT2D eigenvalue weighted by Crippen LogP contribution is -2.67. The minimum atomic E-state index is -4.41. The summed E-state index contributed by atoms with van der Waals surface area (Å²) in [6, 6.07) is 27.4. The summed E-state index contributed by atoms with van der Waals surface area (Å²) in [6.07, 6.45) is -1.75. The first kappa shape index (κ1) is 26.0. The maximum absolute atomic E-state index is 14.1. The summed E-state index contributed by atoms with van der Waals surface area (Å²) in [6.45, 7) is 9.31. The van der Waals surface area contributed by atoms with Crippen LogP contribution in [0.25, 0.3) is 0 Å². The van der Waals surface area contributed by atoms with Crippen LogP contribution in [0.4, 0.5) is 13.2 Å². The van der Waals surface area contributed by atoms with Crippen LogP contribution in [-0.4, -0.2) is 13.9 Å². The number of carbonyl (C=O) groups is 1. The number of ketones is 1. The van der Waals surface area contributed by atoms with Crippen LogP contribution < -0.4 is 10.4 Å². The second-order valence-electron chi connectivity index (χ2n) is 12.6. The molecule has 37 heavy (non-hydrogen) atoms. The van der Waals surface area contributed by atoms with Crippen molar-refractivity contribution in [2.24, 2.45) is 16.7 Å². The van der Waals surface area contributed by atoms with Crippen LogP contribution in [0.15, 0.2) is 84.9 Å². The maximum Gasteiger partial charge on any atom is 0.416 e. The molecule has 0 heterocycles. The predicted octanol–water partition coefficient (Wildman–Crippen LogP) is 7.76. The van der Waals surface area contributed by atoms with E-state index in [0.717, 1.165) is 37.4 Å². The van der Waals surface area contributed by atoms with Gasteiger partial charge in [-0.2, -0.15) is 13.2 Å². The molecule has 0 aliphatic heterocycles. The van der Waals surface area contributed by atoms with E-state index in [9.17, 15) is 18.0 Å². The summed E-state index contributed by atoms with van der Waals surface area (Å²) in [4.78, 5) is 14.1. The summed E-state index contributed by atoms with van der Waals surface area (Å²) in [7, 11) is -2.43. The van der Waals surface area contributed by atoms with Crippen molar-refractivity contribution in [1.29, 1.82) is 0 Å². The lowest BCUT2D eigenvalue weighted by Gasteiger charge is -2.53. The Morgan fingerprint density at radius 3 is 1.73 bits per heavy atom. The molecule has 6 rings (SSSR count). The molecule has 3 aliphatic carbocycles. The molecule has 0 spiro atoms. The normalized spacial score (nSPS) is 25.5. The van der Waals surface area contributed by atoms with Crippen molar-refractivity contribution in [2.45, 2.75) is 64.2 Å². The first-order chi connectivity index (χ1) is 17.3. The zero-order chi connectivity index (χ0) is 26.7. The van der Waals surface area contributed by atoms with Crippen LogP contribution in [0.1, 0.15) is 62.9 Å². The fourth-order valence-electron chi connectivity index (χ4n) is 7.72. The van der Waals surface area contributed by atoms with Gasteiger partial charge < -0.3 is 0 Å². The molecule has 0 N–H and O–H groups in total. The maximum atomic E-state index is 14.1. The second-order valence-corrected chi connectivity index (χ2v) is 17.4. The third-order valence-corrected chi connectivity index (χ3v) is 16.1. The Morgan fingerprint density at radius 1 is 0.811 bits per heavy atom. The lowest BCUT2D eigenvalue weighted by atomic mass is 9.58. The van der Waals surface area contributed by atoms with E-state index < -0.39 is 25.2 Å². The fourth-order valence-corrected chi connectivity index (χ4v) is 13.9. The van der Waals surface area contributed by atoms with Crippen molar-refractivity contribution in [3.05, 3.63) is 96.1 Å². The Morgan fingerprint density at radius 2 is 1.30 bits per heavy atom. The average Bonchev–Trinajstić information content (AvgIpc) is 3.29. The van der Waals surface area contributed by atoms with Crippen molar-refractivity contribution in [3.63, 3.8) is 0 Å². The molecule has 0 radical (unpaired) electrons. The van der Waals surface area contributed by atoms with Gasteiger partial charge in [-0.15, -0.1) is 0 Å². The van der Waals surface area contributed by atoms with Gasteiger partial charge in [-0.05, 0) is 53.8 Å². The van der Waals surface area contributed by atoms with E-state index in [2.05, 4.69) is 88.4 Å². The molecule has 3 aromatic rings. The van der Waals surface area contributed by atoms with Crippen LogP contribution in [0.2, 0.25) is 11.1 Å². The highest BCUT2D eigenvalue weighted by Gasteiger charge is 2.69. The first-order valence-electron chi connectivity index (χ1n) is 13.2. The first-order valence-corrected chi connectivity index (χ1v) is 15.4. The molecule has 5 heteroatoms. The van der Waals surface area contributed by atoms with E-state index >= 15 is 0 Å². The van der Waals surface area contributed by atoms with Crippen LogP contribution >= 0.6 is 0 Å². The van der Waals surface area contributed by atoms with Gasteiger partial charge in [0.15, 0.2) is 5.78 Å². The van der Waals surface area contributed by atoms with Gasteiger partial charge in [0, 0.05) is 11.0 Å². The highest BCUT2D eigenvalue weighted by molar-refractivity contribution is 7.04. The van der Waals surface area contributed by atoms with Gasteiger partial charge in [-0.3, -0.25) is 4.79 Å². The number of halogens is 3. The Bertz CT molecular complexity index is 1230. The molecule has 3 fully saturated rings. The number of hydrogen-bond donors (Lipinski definition) is 0. The molecule has 0 unspecified atom stereocenters. The number of rotatable bonds is 6. The summed E-state index contributed by atoms with van der Waals surface area (Å²) < 4.78 is 39.5. The fraction of sp³-hybridized carbons (Fsp3) is 0.406. The molecule has 3 saturated carbocycles. The second kappa shape index (κ2) is 8.69. The Balaban J connectivity index is 1.61. The van der Waals surface area contributed by atoms with Crippen molar-refractivity contribution in [1.82, 2.24) is 0 Å². The molecule has 0 aromatic heterocycles. The Kier molecular flexibility index (Phi) is 6.10. The number of Topliss-reactive ketones (excluding diaryl/α,β-unsaturated/α-hetero) is 1. The molecule has 0 saturated heterocycles. The van der Waals surface area contributed by atoms with Crippen LogP contribution in [0.5, 0.6) is 0 Å². The van der Waals surface area contributed by atoms with E-state index in [1.807, 2.05) is 0 Å². The van der Waals surface area contributed by atoms with Gasteiger partial charge >= 0.3 is 6.18 Å². The van der Waals surface area contributed by atoms with E-state index in [1.165, 1.54) is 22.5 Å². The van der Waals surface area contributed by atoms with Crippen LogP contribution in [0.3, 0.4) is 0 Å². The number of alkyl halides is 3. The van der Waals surface area contributed by atoms with Crippen LogP contribution in [0, 0.1) is 16.7 Å². The van der Waals surface area contributed by atoms with E-state index in [0.29, 0.717) is 11.5 Å². The largest absolute Gasteiger partial charge is 0.416 e. The van der Waals surface area contributed by atoms with Gasteiger partial charge in [0.05, 0.1) is 5.56 Å². The standard InChI is InChI=1S/C32H35F3OSi/c1-29(2,3)37(26-11-7-5-8-12-26,27-13-9-6-10-14-27)22-30(4)19-23-20-31(30,21-23)28(36)24-15-17-25(18-16-24)32(33,34)35/h5-18,23H,19-22H2,1-4H3/t23?,30-,31?/m0/s1. The highest BCUT2D eigenvalue weighted by atomic mass is 28.3. The van der Waals surface area contributed by atoms with Crippen molar-refractivity contribution in [2.75, 3.05) is 0 Å². The molecule has 3 aromatic carbocycles. The Labute approximate surface area is 219 Å². The quantitative estimate of drug-likeness (QED) is 0.240. The Hall–Kier alpha value is -2.66. The molecule has 0 amide bonds. The molecule has 3 aliphatic rings. The summed E-state index contributed by atoms with van der Waals surface area (Å²) >= 11 is 0. The molecule has 1 atom stereocenters. The summed E-state index contributed by atoms with van der Waals surface area (Å²) in [5, 5.41) is 2.72. The average molecular weight is 521 g/mol. The minimum Gasteiger partial charge on any atom is -0.294 e. The SMILES string of the molecule is CC(C)(C)[Si](C[C@]1(C)CC2CC1(C(=O)c1ccc(C(F)(F)F)cc1)C2)(c1ccccc1)c1ccccc1. The number of benzene rings is 3. The topological polar surface area (TPSA) is 17.1 Å². The van der Waals surface area contributed by atoms with Gasteiger partial charge in [-0.25, -0.2) is 0 Å². The third kappa shape index (κ3) is 4.01. The molecular formula is C32H35F3OSi. The summed E-state index contributed by atoms with van der Waals surface area (Å²) in [5.41, 5.74) is -1.07. The summed E-state index contributed by atoms with van der Waals surface area (Å²) in [5.74, 6) is 0.525. The predicted molar refractivity (Wildman–Crippen MR) is 146 cm³/mol. The zero-order valence-corrected chi connectivity index (χ0v) is 23.0. The van der Waals surface area contributed by atoms with Gasteiger partial charge in [-0.1, -0.05) is 111 Å². The van der Waals surface area contributed by atoms with E-state index in [4.69, 9.17) is 0 Å². The smallest absolute Gasteiger partial charge is 0.294 e. The number of hydrogen-bond acceptors (Lipinski definition) is 1. The number of carbonyl (C=O) groups excluding carboxylic acids is 1.